The van der Waals surface area contributed by atoms with Crippen LogP contribution in [-0.2, 0) is 6.42 Å². The zero-order chi connectivity index (χ0) is 19.6. The number of nitrogens with zero attached hydrogens (tertiary/aromatic N) is 5. The maximum Gasteiger partial charge on any atom is 0.276 e. The highest BCUT2D eigenvalue weighted by atomic mass is 16.5. The van der Waals surface area contributed by atoms with Gasteiger partial charge in [-0.15, -0.1) is 0 Å². The highest BCUT2D eigenvalue weighted by Crippen LogP contribution is 2.22. The molecule has 0 aliphatic carbocycles. The van der Waals surface area contributed by atoms with Gasteiger partial charge in [0.1, 0.15) is 17.3 Å². The molecule has 2 aromatic heterocycles. The minimum absolute atomic E-state index is 0.0982. The number of rotatable bonds is 4. The maximum absolute atomic E-state index is 12.6. The van der Waals surface area contributed by atoms with E-state index in [1.165, 1.54) is 4.90 Å². The van der Waals surface area contributed by atoms with Crippen molar-refractivity contribution in [2.24, 2.45) is 5.92 Å². The predicted molar refractivity (Wildman–Crippen MR) is 98.4 cm³/mol. The summed E-state index contributed by atoms with van der Waals surface area (Å²) in [4.78, 5) is 36.9. The number of aryl methyl sites for hydroxylation is 2. The molecule has 8 heteroatoms. The standard InChI is InChI=1S/C19H25N5O3/c1-12-8-17(22-27-12)19(26)24-7-5-6-14(11-24)9-15-10-16(18(25)23(3)4)21-13(2)20-15/h8,10,14H,5-7,9,11H2,1-4H3. The van der Waals surface area contributed by atoms with Crippen LogP contribution in [0.1, 0.15) is 51.1 Å². The monoisotopic (exact) mass is 371 g/mol. The lowest BCUT2D eigenvalue weighted by Crippen LogP contribution is -2.40. The summed E-state index contributed by atoms with van der Waals surface area (Å²) in [6.45, 7) is 4.92. The van der Waals surface area contributed by atoms with E-state index >= 15 is 0 Å². The number of likely N-dealkylation sites (tertiary alicyclic amines) is 1. The van der Waals surface area contributed by atoms with E-state index in [1.807, 2.05) is 4.90 Å². The molecular formula is C19H25N5O3. The Hall–Kier alpha value is -2.77. The van der Waals surface area contributed by atoms with Gasteiger partial charge in [0.15, 0.2) is 5.69 Å². The molecule has 1 aliphatic heterocycles. The second-order valence-corrected chi connectivity index (χ2v) is 7.28. The van der Waals surface area contributed by atoms with Crippen LogP contribution in [0.25, 0.3) is 0 Å². The van der Waals surface area contributed by atoms with Crippen LogP contribution in [-0.4, -0.2) is 63.9 Å². The SMILES string of the molecule is Cc1nc(CC2CCCN(C(=O)c3cc(C)on3)C2)cc(C(=O)N(C)C)n1. The van der Waals surface area contributed by atoms with E-state index < -0.39 is 0 Å². The van der Waals surface area contributed by atoms with E-state index in [0.717, 1.165) is 18.5 Å². The minimum atomic E-state index is -0.136. The van der Waals surface area contributed by atoms with Crippen LogP contribution in [0.4, 0.5) is 0 Å². The molecule has 0 radical (unpaired) electrons. The summed E-state index contributed by atoms with van der Waals surface area (Å²) < 4.78 is 5.02. The number of carbonyl (C=O) groups excluding carboxylic acids is 2. The van der Waals surface area contributed by atoms with Gasteiger partial charge in [0.25, 0.3) is 11.8 Å². The first kappa shape index (κ1) is 19.0. The Morgan fingerprint density at radius 2 is 2.00 bits per heavy atom. The largest absolute Gasteiger partial charge is 0.361 e. The smallest absolute Gasteiger partial charge is 0.276 e. The summed E-state index contributed by atoms with van der Waals surface area (Å²) >= 11 is 0. The van der Waals surface area contributed by atoms with Crippen LogP contribution >= 0.6 is 0 Å². The van der Waals surface area contributed by atoms with E-state index in [1.54, 1.807) is 40.1 Å². The molecule has 0 spiro atoms. The minimum Gasteiger partial charge on any atom is -0.361 e. The Balaban J connectivity index is 1.70. The molecule has 0 saturated carbocycles. The van der Waals surface area contributed by atoms with Gasteiger partial charge in [-0.05, 0) is 45.1 Å². The van der Waals surface area contributed by atoms with E-state index in [9.17, 15) is 9.59 Å². The van der Waals surface area contributed by atoms with Crippen molar-refractivity contribution in [3.05, 3.63) is 40.8 Å². The fourth-order valence-electron chi connectivity index (χ4n) is 3.41. The molecule has 0 aromatic carbocycles. The third kappa shape index (κ3) is 4.50. The van der Waals surface area contributed by atoms with Crippen molar-refractivity contribution in [3.63, 3.8) is 0 Å². The van der Waals surface area contributed by atoms with Crippen molar-refractivity contribution in [2.75, 3.05) is 27.2 Å². The average Bonchev–Trinajstić information content (AvgIpc) is 3.06. The van der Waals surface area contributed by atoms with Crippen molar-refractivity contribution in [2.45, 2.75) is 33.1 Å². The average molecular weight is 371 g/mol. The van der Waals surface area contributed by atoms with Gasteiger partial charge in [-0.2, -0.15) is 0 Å². The van der Waals surface area contributed by atoms with Gasteiger partial charge in [0, 0.05) is 38.9 Å². The van der Waals surface area contributed by atoms with Crippen molar-refractivity contribution >= 4 is 11.8 Å². The summed E-state index contributed by atoms with van der Waals surface area (Å²) in [5.41, 5.74) is 1.60. The normalized spacial score (nSPS) is 17.0. The molecule has 0 bridgehead atoms. The van der Waals surface area contributed by atoms with Gasteiger partial charge in [0.2, 0.25) is 0 Å². The molecule has 2 amide bonds. The lowest BCUT2D eigenvalue weighted by molar-refractivity contribution is 0.0662. The van der Waals surface area contributed by atoms with E-state index in [2.05, 4.69) is 15.1 Å². The second-order valence-electron chi connectivity index (χ2n) is 7.28. The summed E-state index contributed by atoms with van der Waals surface area (Å²) in [5, 5.41) is 3.83. The van der Waals surface area contributed by atoms with Crippen LogP contribution in [0.3, 0.4) is 0 Å². The molecule has 1 unspecified atom stereocenters. The number of carbonyl (C=O) groups is 2. The van der Waals surface area contributed by atoms with Crippen LogP contribution in [0, 0.1) is 19.8 Å². The third-order valence-electron chi connectivity index (χ3n) is 4.67. The summed E-state index contributed by atoms with van der Waals surface area (Å²) in [5.74, 6) is 1.26. The van der Waals surface area contributed by atoms with Crippen LogP contribution in [0.5, 0.6) is 0 Å². The zero-order valence-electron chi connectivity index (χ0n) is 16.2. The lowest BCUT2D eigenvalue weighted by atomic mass is 9.93. The van der Waals surface area contributed by atoms with Crippen molar-refractivity contribution < 1.29 is 14.1 Å². The molecule has 27 heavy (non-hydrogen) atoms. The maximum atomic E-state index is 12.6. The number of piperidine rings is 1. The van der Waals surface area contributed by atoms with E-state index in [-0.39, 0.29) is 17.7 Å². The Morgan fingerprint density at radius 1 is 1.22 bits per heavy atom. The van der Waals surface area contributed by atoms with Crippen molar-refractivity contribution in [3.8, 4) is 0 Å². The molecule has 1 aliphatic rings. The van der Waals surface area contributed by atoms with Gasteiger partial charge in [0.05, 0.1) is 0 Å². The number of hydrogen-bond donors (Lipinski definition) is 0. The summed E-state index contributed by atoms with van der Waals surface area (Å²) in [6, 6.07) is 3.43. The molecule has 2 aromatic rings. The molecule has 3 heterocycles. The fourth-order valence-corrected chi connectivity index (χ4v) is 3.41. The Bertz CT molecular complexity index is 846. The lowest BCUT2D eigenvalue weighted by Gasteiger charge is -2.32. The van der Waals surface area contributed by atoms with Gasteiger partial charge in [-0.1, -0.05) is 5.16 Å². The molecule has 3 rings (SSSR count). The molecular weight excluding hydrogens is 346 g/mol. The number of amides is 2. The Labute approximate surface area is 158 Å². The van der Waals surface area contributed by atoms with Gasteiger partial charge < -0.3 is 14.3 Å². The Kier molecular flexibility index (Phi) is 5.53. The second kappa shape index (κ2) is 7.85. The number of hydrogen-bond acceptors (Lipinski definition) is 6. The summed E-state index contributed by atoms with van der Waals surface area (Å²) in [7, 11) is 3.41. The van der Waals surface area contributed by atoms with Crippen molar-refractivity contribution in [1.82, 2.24) is 24.9 Å². The zero-order valence-corrected chi connectivity index (χ0v) is 16.2. The van der Waals surface area contributed by atoms with Gasteiger partial charge in [-0.3, -0.25) is 9.59 Å². The highest BCUT2D eigenvalue weighted by Gasteiger charge is 2.27. The molecule has 1 saturated heterocycles. The van der Waals surface area contributed by atoms with Gasteiger partial charge >= 0.3 is 0 Å². The first-order valence-electron chi connectivity index (χ1n) is 9.12. The van der Waals surface area contributed by atoms with Crippen molar-refractivity contribution in [1.29, 1.82) is 0 Å². The third-order valence-corrected chi connectivity index (χ3v) is 4.67. The Morgan fingerprint density at radius 3 is 2.67 bits per heavy atom. The van der Waals surface area contributed by atoms with Crippen LogP contribution < -0.4 is 0 Å². The quantitative estimate of drug-likeness (QED) is 0.815. The molecule has 0 N–H and O–H groups in total. The molecule has 144 valence electrons. The number of aromatic nitrogens is 3. The van der Waals surface area contributed by atoms with Crippen LogP contribution in [0.2, 0.25) is 0 Å². The summed E-state index contributed by atoms with van der Waals surface area (Å²) in [6.07, 6.45) is 2.65. The van der Waals surface area contributed by atoms with Gasteiger partial charge in [-0.25, -0.2) is 9.97 Å². The molecule has 1 atom stereocenters. The predicted octanol–water partition coefficient (Wildman–Crippen LogP) is 1.88. The first-order chi connectivity index (χ1) is 12.8. The van der Waals surface area contributed by atoms with E-state index in [0.29, 0.717) is 42.5 Å². The first-order valence-corrected chi connectivity index (χ1v) is 9.12. The van der Waals surface area contributed by atoms with Crippen LogP contribution in [0.15, 0.2) is 16.7 Å². The topological polar surface area (TPSA) is 92.4 Å². The fraction of sp³-hybridized carbons (Fsp3) is 0.526. The molecule has 1 fully saturated rings. The molecule has 8 nitrogen and oxygen atoms in total. The van der Waals surface area contributed by atoms with E-state index in [4.69, 9.17) is 4.52 Å². The highest BCUT2D eigenvalue weighted by molar-refractivity contribution is 5.92.